The molecule has 4 aromatic rings. The summed E-state index contributed by atoms with van der Waals surface area (Å²) >= 11 is 0. The first kappa shape index (κ1) is 26.2. The number of hydrogen-bond acceptors (Lipinski definition) is 4. The number of piperazine rings is 1. The predicted molar refractivity (Wildman–Crippen MR) is 146 cm³/mol. The second-order valence-electron chi connectivity index (χ2n) is 9.45. The van der Waals surface area contributed by atoms with E-state index in [-0.39, 0.29) is 11.9 Å². The Morgan fingerprint density at radius 3 is 2.21 bits per heavy atom. The van der Waals surface area contributed by atoms with Crippen molar-refractivity contribution < 1.29 is 18.0 Å². The molecule has 1 aromatic heterocycles. The van der Waals surface area contributed by atoms with Crippen LogP contribution in [0.25, 0.3) is 11.4 Å². The van der Waals surface area contributed by atoms with E-state index >= 15 is 0 Å². The zero-order valence-corrected chi connectivity index (χ0v) is 21.4. The Kier molecular flexibility index (Phi) is 7.49. The number of hydrogen-bond donors (Lipinski definition) is 1. The van der Waals surface area contributed by atoms with E-state index in [1.807, 2.05) is 67.6 Å². The number of benzene rings is 3. The predicted octanol–water partition coefficient (Wildman–Crippen LogP) is 6.42. The number of urea groups is 1. The van der Waals surface area contributed by atoms with Crippen molar-refractivity contribution >= 4 is 17.5 Å². The minimum atomic E-state index is -4.46. The highest BCUT2D eigenvalue weighted by Crippen LogP contribution is 2.33. The standard InChI is InChI=1S/C30H28F3N5O/c1-21-26(19-22-9-4-2-5-10-22)28(36-27(34-21)23-11-8-12-24(20-23)30(31,32)33)37-15-17-38(18-16-37)29(39)35-25-13-6-3-7-14-25/h2-14,20H,15-19H2,1H3,(H,35,39). The molecule has 9 heteroatoms. The molecule has 0 aliphatic carbocycles. The van der Waals surface area contributed by atoms with Crippen molar-refractivity contribution in [2.75, 3.05) is 36.4 Å². The van der Waals surface area contributed by atoms with Gasteiger partial charge in [0.2, 0.25) is 0 Å². The highest BCUT2D eigenvalue weighted by atomic mass is 19.4. The molecule has 2 amide bonds. The van der Waals surface area contributed by atoms with Crippen LogP contribution in [0.1, 0.15) is 22.4 Å². The maximum atomic E-state index is 13.4. The molecule has 39 heavy (non-hydrogen) atoms. The molecule has 3 aromatic carbocycles. The number of para-hydroxylation sites is 1. The summed E-state index contributed by atoms with van der Waals surface area (Å²) in [6, 6.07) is 24.1. The average molecular weight is 532 g/mol. The fourth-order valence-electron chi connectivity index (χ4n) is 4.66. The maximum absolute atomic E-state index is 13.4. The number of carbonyl (C=O) groups is 1. The number of halogens is 3. The fourth-order valence-corrected chi connectivity index (χ4v) is 4.66. The maximum Gasteiger partial charge on any atom is 0.416 e. The normalized spacial score (nSPS) is 13.8. The van der Waals surface area contributed by atoms with Gasteiger partial charge in [0, 0.05) is 55.1 Å². The van der Waals surface area contributed by atoms with Gasteiger partial charge in [0.15, 0.2) is 5.82 Å². The topological polar surface area (TPSA) is 61.4 Å². The number of amides is 2. The van der Waals surface area contributed by atoms with Crippen LogP contribution in [0.2, 0.25) is 0 Å². The van der Waals surface area contributed by atoms with Gasteiger partial charge < -0.3 is 15.1 Å². The van der Waals surface area contributed by atoms with Crippen molar-refractivity contribution in [2.45, 2.75) is 19.5 Å². The smallest absolute Gasteiger partial charge is 0.353 e. The Labute approximate surface area is 225 Å². The van der Waals surface area contributed by atoms with Crippen molar-refractivity contribution in [2.24, 2.45) is 0 Å². The van der Waals surface area contributed by atoms with Gasteiger partial charge in [-0.2, -0.15) is 13.2 Å². The number of aromatic nitrogens is 2. The molecule has 200 valence electrons. The van der Waals surface area contributed by atoms with Crippen molar-refractivity contribution in [1.82, 2.24) is 14.9 Å². The van der Waals surface area contributed by atoms with Gasteiger partial charge >= 0.3 is 12.2 Å². The molecule has 0 bridgehead atoms. The highest BCUT2D eigenvalue weighted by Gasteiger charge is 2.31. The zero-order valence-electron chi connectivity index (χ0n) is 21.4. The van der Waals surface area contributed by atoms with Crippen LogP contribution < -0.4 is 10.2 Å². The first-order valence-electron chi connectivity index (χ1n) is 12.7. The van der Waals surface area contributed by atoms with E-state index in [4.69, 9.17) is 4.98 Å². The molecule has 0 spiro atoms. The summed E-state index contributed by atoms with van der Waals surface area (Å²) in [4.78, 5) is 26.1. The highest BCUT2D eigenvalue weighted by molar-refractivity contribution is 5.89. The molecule has 0 unspecified atom stereocenters. The summed E-state index contributed by atoms with van der Waals surface area (Å²) in [5.41, 5.74) is 3.00. The van der Waals surface area contributed by atoms with Crippen LogP contribution in [-0.4, -0.2) is 47.1 Å². The number of aryl methyl sites for hydroxylation is 1. The second-order valence-corrected chi connectivity index (χ2v) is 9.45. The zero-order chi connectivity index (χ0) is 27.4. The first-order valence-corrected chi connectivity index (χ1v) is 12.7. The molecular weight excluding hydrogens is 503 g/mol. The number of alkyl halides is 3. The number of nitrogens with one attached hydrogen (secondary N) is 1. The Bertz CT molecular complexity index is 1440. The Morgan fingerprint density at radius 1 is 0.872 bits per heavy atom. The van der Waals surface area contributed by atoms with Crippen molar-refractivity contribution in [3.05, 3.63) is 107 Å². The first-order chi connectivity index (χ1) is 18.8. The van der Waals surface area contributed by atoms with Gasteiger partial charge in [0.1, 0.15) is 5.82 Å². The summed E-state index contributed by atoms with van der Waals surface area (Å²) in [6.45, 7) is 3.88. The number of nitrogens with zero attached hydrogens (tertiary/aromatic N) is 4. The lowest BCUT2D eigenvalue weighted by atomic mass is 10.0. The quantitative estimate of drug-likeness (QED) is 0.323. The van der Waals surface area contributed by atoms with E-state index in [9.17, 15) is 18.0 Å². The summed E-state index contributed by atoms with van der Waals surface area (Å²) in [7, 11) is 0. The van der Waals surface area contributed by atoms with Gasteiger partial charge in [-0.3, -0.25) is 0 Å². The molecule has 0 atom stereocenters. The lowest BCUT2D eigenvalue weighted by Gasteiger charge is -2.36. The van der Waals surface area contributed by atoms with Crippen LogP contribution in [0, 0.1) is 6.92 Å². The van der Waals surface area contributed by atoms with Gasteiger partial charge in [-0.15, -0.1) is 0 Å². The molecule has 0 saturated carbocycles. The minimum absolute atomic E-state index is 0.172. The summed E-state index contributed by atoms with van der Waals surface area (Å²) in [5.74, 6) is 0.927. The largest absolute Gasteiger partial charge is 0.416 e. The molecule has 1 fully saturated rings. The van der Waals surface area contributed by atoms with Crippen molar-refractivity contribution in [3.8, 4) is 11.4 Å². The molecule has 2 heterocycles. The van der Waals surface area contributed by atoms with Crippen LogP contribution in [0.4, 0.5) is 29.5 Å². The Hall–Kier alpha value is -4.40. The van der Waals surface area contributed by atoms with Crippen molar-refractivity contribution in [3.63, 3.8) is 0 Å². The summed E-state index contributed by atoms with van der Waals surface area (Å²) < 4.78 is 40.2. The third-order valence-electron chi connectivity index (χ3n) is 6.76. The summed E-state index contributed by atoms with van der Waals surface area (Å²) in [6.07, 6.45) is -3.88. The van der Waals surface area contributed by atoms with E-state index in [2.05, 4.69) is 15.2 Å². The van der Waals surface area contributed by atoms with Gasteiger partial charge in [0.05, 0.1) is 5.56 Å². The van der Waals surface area contributed by atoms with E-state index < -0.39 is 11.7 Å². The molecule has 1 N–H and O–H groups in total. The lowest BCUT2D eigenvalue weighted by Crippen LogP contribution is -2.50. The average Bonchev–Trinajstić information content (AvgIpc) is 2.95. The fraction of sp³-hybridized carbons (Fsp3) is 0.233. The molecule has 1 aliphatic heterocycles. The van der Waals surface area contributed by atoms with Gasteiger partial charge in [0.25, 0.3) is 0 Å². The van der Waals surface area contributed by atoms with Gasteiger partial charge in [-0.1, -0.05) is 60.7 Å². The van der Waals surface area contributed by atoms with Gasteiger partial charge in [-0.25, -0.2) is 14.8 Å². The minimum Gasteiger partial charge on any atom is -0.353 e. The lowest BCUT2D eigenvalue weighted by molar-refractivity contribution is -0.137. The monoisotopic (exact) mass is 531 g/mol. The number of rotatable bonds is 5. The van der Waals surface area contributed by atoms with E-state index in [1.54, 1.807) is 11.0 Å². The van der Waals surface area contributed by atoms with Crippen LogP contribution in [0.3, 0.4) is 0 Å². The summed E-state index contributed by atoms with van der Waals surface area (Å²) in [5, 5.41) is 2.92. The van der Waals surface area contributed by atoms with Crippen LogP contribution in [-0.2, 0) is 12.6 Å². The molecule has 1 aliphatic rings. The third kappa shape index (κ3) is 6.19. The van der Waals surface area contributed by atoms with E-state index in [0.29, 0.717) is 49.7 Å². The van der Waals surface area contributed by atoms with Crippen LogP contribution in [0.5, 0.6) is 0 Å². The van der Waals surface area contributed by atoms with Gasteiger partial charge in [-0.05, 0) is 36.8 Å². The number of carbonyl (C=O) groups excluding carboxylic acids is 1. The molecule has 1 saturated heterocycles. The number of anilines is 2. The van der Waals surface area contributed by atoms with Crippen molar-refractivity contribution in [1.29, 1.82) is 0 Å². The second kappa shape index (κ2) is 11.1. The molecule has 6 nitrogen and oxygen atoms in total. The Morgan fingerprint density at radius 2 is 1.54 bits per heavy atom. The molecular formula is C30H28F3N5O. The third-order valence-corrected chi connectivity index (χ3v) is 6.76. The molecule has 5 rings (SSSR count). The Balaban J connectivity index is 1.43. The molecule has 0 radical (unpaired) electrons. The van der Waals surface area contributed by atoms with E-state index in [0.717, 1.165) is 28.9 Å². The van der Waals surface area contributed by atoms with Crippen LogP contribution >= 0.6 is 0 Å². The van der Waals surface area contributed by atoms with Crippen LogP contribution in [0.15, 0.2) is 84.9 Å². The SMILES string of the molecule is Cc1nc(-c2cccc(C(F)(F)F)c2)nc(N2CCN(C(=O)Nc3ccccc3)CC2)c1Cc1ccccc1. The van der Waals surface area contributed by atoms with E-state index in [1.165, 1.54) is 6.07 Å².